The molecule has 1 heterocycles. The van der Waals surface area contributed by atoms with Gasteiger partial charge in [-0.05, 0) is 19.3 Å². The fourth-order valence-electron chi connectivity index (χ4n) is 2.78. The van der Waals surface area contributed by atoms with E-state index >= 15 is 0 Å². The lowest BCUT2D eigenvalue weighted by Gasteiger charge is -2.30. The number of hydrogen-bond acceptors (Lipinski definition) is 4. The standard InChI is InChI=1S/C15H16F3N3S/c16-15(17,18)11-7-4-8-12(9-11)19-14-20-13(21-22-14)10-5-2-1-3-6-10/h1-3,5-6,11-12H,4,7-9H2,(H,19,20,21). The Bertz CT molecular complexity index is 612. The second kappa shape index (κ2) is 6.24. The summed E-state index contributed by atoms with van der Waals surface area (Å²) in [4.78, 5) is 4.38. The molecule has 0 aliphatic heterocycles. The molecule has 3 rings (SSSR count). The quantitative estimate of drug-likeness (QED) is 0.885. The average molecular weight is 327 g/mol. The third kappa shape index (κ3) is 3.58. The zero-order chi connectivity index (χ0) is 15.6. The normalized spacial score (nSPS) is 22.5. The van der Waals surface area contributed by atoms with Crippen LogP contribution in [0.5, 0.6) is 0 Å². The van der Waals surface area contributed by atoms with Gasteiger partial charge >= 0.3 is 6.18 Å². The van der Waals surface area contributed by atoms with Crippen LogP contribution in [0.1, 0.15) is 25.7 Å². The smallest absolute Gasteiger partial charge is 0.358 e. The van der Waals surface area contributed by atoms with Crippen molar-refractivity contribution in [3.63, 3.8) is 0 Å². The van der Waals surface area contributed by atoms with Crippen LogP contribution in [0.4, 0.5) is 18.3 Å². The van der Waals surface area contributed by atoms with Crippen LogP contribution in [0, 0.1) is 5.92 Å². The Morgan fingerprint density at radius 3 is 2.64 bits per heavy atom. The number of rotatable bonds is 3. The number of hydrogen-bond donors (Lipinski definition) is 1. The first kappa shape index (κ1) is 15.3. The second-order valence-corrected chi connectivity index (χ2v) is 6.29. The van der Waals surface area contributed by atoms with Crippen molar-refractivity contribution in [2.75, 3.05) is 5.32 Å². The third-order valence-electron chi connectivity index (χ3n) is 3.92. The maximum atomic E-state index is 12.8. The van der Waals surface area contributed by atoms with Crippen LogP contribution < -0.4 is 5.32 Å². The molecule has 1 fully saturated rings. The summed E-state index contributed by atoms with van der Waals surface area (Å²) in [5.41, 5.74) is 0.906. The summed E-state index contributed by atoms with van der Waals surface area (Å²) >= 11 is 1.19. The first-order valence-corrected chi connectivity index (χ1v) is 8.02. The number of nitrogens with zero attached hydrogens (tertiary/aromatic N) is 2. The zero-order valence-electron chi connectivity index (χ0n) is 11.8. The molecule has 0 spiro atoms. The Labute approximate surface area is 130 Å². The molecule has 0 saturated heterocycles. The molecule has 1 aliphatic rings. The minimum absolute atomic E-state index is 0.115. The molecule has 22 heavy (non-hydrogen) atoms. The van der Waals surface area contributed by atoms with E-state index in [-0.39, 0.29) is 18.9 Å². The lowest BCUT2D eigenvalue weighted by atomic mass is 9.85. The lowest BCUT2D eigenvalue weighted by molar-refractivity contribution is -0.182. The van der Waals surface area contributed by atoms with E-state index in [9.17, 15) is 13.2 Å². The second-order valence-electron chi connectivity index (χ2n) is 5.54. The highest BCUT2D eigenvalue weighted by Gasteiger charge is 2.42. The van der Waals surface area contributed by atoms with Gasteiger partial charge in [0.05, 0.1) is 5.92 Å². The molecule has 1 saturated carbocycles. The minimum Gasteiger partial charge on any atom is -0.358 e. The lowest BCUT2D eigenvalue weighted by Crippen LogP contribution is -2.34. The van der Waals surface area contributed by atoms with Gasteiger partial charge < -0.3 is 5.32 Å². The number of halogens is 3. The first-order chi connectivity index (χ1) is 10.5. The highest BCUT2D eigenvalue weighted by atomic mass is 32.1. The van der Waals surface area contributed by atoms with Crippen molar-refractivity contribution in [2.24, 2.45) is 5.92 Å². The van der Waals surface area contributed by atoms with Crippen LogP contribution >= 0.6 is 11.5 Å². The molecule has 118 valence electrons. The molecule has 2 atom stereocenters. The molecule has 2 unspecified atom stereocenters. The third-order valence-corrected chi connectivity index (χ3v) is 4.57. The van der Waals surface area contributed by atoms with E-state index in [1.165, 1.54) is 11.5 Å². The van der Waals surface area contributed by atoms with Crippen molar-refractivity contribution in [2.45, 2.75) is 37.9 Å². The Hall–Kier alpha value is -1.63. The van der Waals surface area contributed by atoms with Gasteiger partial charge in [-0.1, -0.05) is 36.8 Å². The fraction of sp³-hybridized carbons (Fsp3) is 0.467. The van der Waals surface area contributed by atoms with Crippen molar-refractivity contribution in [1.82, 2.24) is 9.36 Å². The maximum absolute atomic E-state index is 12.8. The summed E-state index contributed by atoms with van der Waals surface area (Å²) in [7, 11) is 0. The Kier molecular flexibility index (Phi) is 4.33. The highest BCUT2D eigenvalue weighted by Crippen LogP contribution is 2.38. The van der Waals surface area contributed by atoms with Gasteiger partial charge in [-0.2, -0.15) is 22.5 Å². The molecule has 1 N–H and O–H groups in total. The van der Waals surface area contributed by atoms with Gasteiger partial charge in [-0.25, -0.2) is 0 Å². The molecular weight excluding hydrogens is 311 g/mol. The van der Waals surface area contributed by atoms with Crippen LogP contribution in [-0.2, 0) is 0 Å². The molecule has 0 radical (unpaired) electrons. The van der Waals surface area contributed by atoms with Crippen molar-refractivity contribution < 1.29 is 13.2 Å². The van der Waals surface area contributed by atoms with Crippen molar-refractivity contribution >= 4 is 16.7 Å². The van der Waals surface area contributed by atoms with Crippen molar-refractivity contribution in [1.29, 1.82) is 0 Å². The van der Waals surface area contributed by atoms with Crippen molar-refractivity contribution in [3.8, 4) is 11.4 Å². The zero-order valence-corrected chi connectivity index (χ0v) is 12.6. The van der Waals surface area contributed by atoms with Gasteiger partial charge in [0.25, 0.3) is 0 Å². The molecule has 2 aromatic rings. The summed E-state index contributed by atoms with van der Waals surface area (Å²) in [5, 5.41) is 3.71. The Morgan fingerprint density at radius 1 is 1.14 bits per heavy atom. The summed E-state index contributed by atoms with van der Waals surface area (Å²) in [6.45, 7) is 0. The van der Waals surface area contributed by atoms with E-state index in [4.69, 9.17) is 0 Å². The predicted molar refractivity (Wildman–Crippen MR) is 80.8 cm³/mol. The molecular formula is C15H16F3N3S. The fourth-order valence-corrected chi connectivity index (χ4v) is 3.45. The van der Waals surface area contributed by atoms with E-state index in [1.807, 2.05) is 30.3 Å². The topological polar surface area (TPSA) is 37.8 Å². The van der Waals surface area contributed by atoms with Crippen LogP contribution in [0.25, 0.3) is 11.4 Å². The van der Waals surface area contributed by atoms with E-state index in [0.717, 1.165) is 12.0 Å². The van der Waals surface area contributed by atoms with Gasteiger partial charge in [0.15, 0.2) is 5.82 Å². The van der Waals surface area contributed by atoms with Gasteiger partial charge in [0, 0.05) is 23.1 Å². The first-order valence-electron chi connectivity index (χ1n) is 7.25. The van der Waals surface area contributed by atoms with Crippen LogP contribution in [0.3, 0.4) is 0 Å². The molecule has 1 aliphatic carbocycles. The van der Waals surface area contributed by atoms with Crippen LogP contribution in [-0.4, -0.2) is 21.6 Å². The van der Waals surface area contributed by atoms with Gasteiger partial charge in [0.2, 0.25) is 5.13 Å². The number of nitrogens with one attached hydrogen (secondary N) is 1. The molecule has 0 bridgehead atoms. The molecule has 1 aromatic carbocycles. The number of anilines is 1. The summed E-state index contributed by atoms with van der Waals surface area (Å²) in [6.07, 6.45) is -2.42. The Morgan fingerprint density at radius 2 is 1.91 bits per heavy atom. The largest absolute Gasteiger partial charge is 0.391 e. The van der Waals surface area contributed by atoms with Crippen LogP contribution in [0.15, 0.2) is 30.3 Å². The SMILES string of the molecule is FC(F)(F)C1CCCC(Nc2nc(-c3ccccc3)ns2)C1. The Balaban J connectivity index is 1.65. The summed E-state index contributed by atoms with van der Waals surface area (Å²) < 4.78 is 42.7. The summed E-state index contributed by atoms with van der Waals surface area (Å²) in [6, 6.07) is 9.35. The van der Waals surface area contributed by atoms with Crippen molar-refractivity contribution in [3.05, 3.63) is 30.3 Å². The molecule has 7 heteroatoms. The van der Waals surface area contributed by atoms with E-state index in [0.29, 0.717) is 17.4 Å². The number of aromatic nitrogens is 2. The van der Waals surface area contributed by atoms with Gasteiger partial charge in [0.1, 0.15) is 0 Å². The molecule has 0 amide bonds. The van der Waals surface area contributed by atoms with Gasteiger partial charge in [-0.15, -0.1) is 0 Å². The number of alkyl halides is 3. The predicted octanol–water partition coefficient (Wildman–Crippen LogP) is 4.74. The monoisotopic (exact) mass is 327 g/mol. The highest BCUT2D eigenvalue weighted by molar-refractivity contribution is 7.09. The summed E-state index contributed by atoms with van der Waals surface area (Å²) in [5.74, 6) is -0.600. The van der Waals surface area contributed by atoms with E-state index in [2.05, 4.69) is 14.7 Å². The minimum atomic E-state index is -4.10. The van der Waals surface area contributed by atoms with E-state index in [1.54, 1.807) is 0 Å². The number of benzene rings is 1. The molecule has 3 nitrogen and oxygen atoms in total. The van der Waals surface area contributed by atoms with E-state index < -0.39 is 12.1 Å². The van der Waals surface area contributed by atoms with Crippen LogP contribution in [0.2, 0.25) is 0 Å². The maximum Gasteiger partial charge on any atom is 0.391 e. The average Bonchev–Trinajstić information content (AvgIpc) is 2.96. The molecule has 1 aromatic heterocycles. The van der Waals surface area contributed by atoms with Gasteiger partial charge in [-0.3, -0.25) is 0 Å².